The number of halogens is 1. The lowest BCUT2D eigenvalue weighted by Crippen LogP contribution is -2.19. The van der Waals surface area contributed by atoms with Crippen molar-refractivity contribution in [2.75, 3.05) is 27.2 Å². The van der Waals surface area contributed by atoms with Gasteiger partial charge in [-0.1, -0.05) is 12.1 Å². The predicted molar refractivity (Wildman–Crippen MR) is 67.7 cm³/mol. The molecule has 16 heavy (non-hydrogen) atoms. The number of carbonyl (C=O) groups excluding carboxylic acids is 1. The smallest absolute Gasteiger partial charge is 0.163 e. The largest absolute Gasteiger partial charge is 0.491 e. The SMILES string of the molecule is CC(=O)c1ccccc1OCCN(C)C.Cl. The van der Waals surface area contributed by atoms with Gasteiger partial charge in [-0.2, -0.15) is 0 Å². The molecule has 0 bridgehead atoms. The van der Waals surface area contributed by atoms with E-state index in [4.69, 9.17) is 4.74 Å². The minimum atomic E-state index is 0. The maximum absolute atomic E-state index is 11.3. The maximum Gasteiger partial charge on any atom is 0.163 e. The topological polar surface area (TPSA) is 29.5 Å². The highest BCUT2D eigenvalue weighted by Crippen LogP contribution is 2.17. The summed E-state index contributed by atoms with van der Waals surface area (Å²) in [5.41, 5.74) is 0.649. The van der Waals surface area contributed by atoms with Crippen LogP contribution in [-0.4, -0.2) is 37.9 Å². The van der Waals surface area contributed by atoms with Crippen molar-refractivity contribution in [2.45, 2.75) is 6.92 Å². The van der Waals surface area contributed by atoms with E-state index in [1.807, 2.05) is 37.2 Å². The maximum atomic E-state index is 11.3. The molecule has 0 saturated carbocycles. The molecule has 0 N–H and O–H groups in total. The van der Waals surface area contributed by atoms with Crippen LogP contribution in [0.25, 0.3) is 0 Å². The van der Waals surface area contributed by atoms with E-state index in [2.05, 4.69) is 0 Å². The van der Waals surface area contributed by atoms with Gasteiger partial charge in [-0.25, -0.2) is 0 Å². The number of hydrogen-bond acceptors (Lipinski definition) is 3. The molecule has 0 saturated heterocycles. The summed E-state index contributed by atoms with van der Waals surface area (Å²) in [5, 5.41) is 0. The first kappa shape index (κ1) is 14.9. The lowest BCUT2D eigenvalue weighted by molar-refractivity contribution is 0.101. The second kappa shape index (κ2) is 7.25. The highest BCUT2D eigenvalue weighted by atomic mass is 35.5. The van der Waals surface area contributed by atoms with E-state index in [0.717, 1.165) is 6.54 Å². The van der Waals surface area contributed by atoms with Gasteiger partial charge in [-0.3, -0.25) is 4.79 Å². The van der Waals surface area contributed by atoms with Gasteiger partial charge in [0.15, 0.2) is 5.78 Å². The van der Waals surface area contributed by atoms with Gasteiger partial charge in [0.05, 0.1) is 5.56 Å². The van der Waals surface area contributed by atoms with Gasteiger partial charge in [0.1, 0.15) is 12.4 Å². The molecule has 0 aromatic heterocycles. The van der Waals surface area contributed by atoms with Gasteiger partial charge in [-0.15, -0.1) is 12.4 Å². The van der Waals surface area contributed by atoms with Gasteiger partial charge >= 0.3 is 0 Å². The summed E-state index contributed by atoms with van der Waals surface area (Å²) in [5.74, 6) is 0.710. The average molecular weight is 244 g/mol. The van der Waals surface area contributed by atoms with Gasteiger partial charge in [0.2, 0.25) is 0 Å². The minimum absolute atomic E-state index is 0. The molecular formula is C12H18ClNO2. The van der Waals surface area contributed by atoms with Crippen molar-refractivity contribution in [3.8, 4) is 5.75 Å². The van der Waals surface area contributed by atoms with Crippen LogP contribution >= 0.6 is 12.4 Å². The van der Waals surface area contributed by atoms with Gasteiger partial charge < -0.3 is 9.64 Å². The molecule has 1 aromatic carbocycles. The average Bonchev–Trinajstić information content (AvgIpc) is 2.17. The molecule has 0 heterocycles. The lowest BCUT2D eigenvalue weighted by Gasteiger charge is -2.12. The monoisotopic (exact) mass is 243 g/mol. The summed E-state index contributed by atoms with van der Waals surface area (Å²) >= 11 is 0. The Bertz CT molecular complexity index is 340. The summed E-state index contributed by atoms with van der Waals surface area (Å²) < 4.78 is 5.55. The van der Waals surface area contributed by atoms with Crippen LogP contribution in [0.3, 0.4) is 0 Å². The Balaban J connectivity index is 0.00000225. The van der Waals surface area contributed by atoms with E-state index in [-0.39, 0.29) is 18.2 Å². The molecule has 0 aliphatic rings. The fourth-order valence-corrected chi connectivity index (χ4v) is 1.22. The Hall–Kier alpha value is -1.06. The lowest BCUT2D eigenvalue weighted by atomic mass is 10.1. The Morgan fingerprint density at radius 1 is 1.31 bits per heavy atom. The number of ketones is 1. The molecule has 0 unspecified atom stereocenters. The molecule has 0 radical (unpaired) electrons. The van der Waals surface area contributed by atoms with Gasteiger partial charge in [0.25, 0.3) is 0 Å². The van der Waals surface area contributed by atoms with Crippen molar-refractivity contribution in [1.82, 2.24) is 4.90 Å². The Morgan fingerprint density at radius 3 is 2.50 bits per heavy atom. The minimum Gasteiger partial charge on any atom is -0.491 e. The number of rotatable bonds is 5. The quantitative estimate of drug-likeness (QED) is 0.743. The van der Waals surface area contributed by atoms with Crippen LogP contribution in [0, 0.1) is 0 Å². The van der Waals surface area contributed by atoms with E-state index >= 15 is 0 Å². The molecule has 0 aliphatic heterocycles. The third kappa shape index (κ3) is 4.64. The summed E-state index contributed by atoms with van der Waals surface area (Å²) in [4.78, 5) is 13.3. The zero-order valence-electron chi connectivity index (χ0n) is 9.90. The first-order chi connectivity index (χ1) is 7.11. The number of ether oxygens (including phenoxy) is 1. The second-order valence-corrected chi connectivity index (χ2v) is 3.70. The highest BCUT2D eigenvalue weighted by Gasteiger charge is 2.06. The van der Waals surface area contributed by atoms with E-state index in [0.29, 0.717) is 17.9 Å². The highest BCUT2D eigenvalue weighted by molar-refractivity contribution is 5.96. The summed E-state index contributed by atoms with van der Waals surface area (Å²) in [6.45, 7) is 2.98. The van der Waals surface area contributed by atoms with Gasteiger partial charge in [0, 0.05) is 6.54 Å². The number of hydrogen-bond donors (Lipinski definition) is 0. The van der Waals surface area contributed by atoms with Crippen LogP contribution in [0.2, 0.25) is 0 Å². The summed E-state index contributed by atoms with van der Waals surface area (Å²) in [7, 11) is 3.97. The molecule has 1 rings (SSSR count). The van der Waals surface area contributed by atoms with E-state index in [9.17, 15) is 4.79 Å². The third-order valence-electron chi connectivity index (χ3n) is 2.06. The molecule has 4 heteroatoms. The van der Waals surface area contributed by atoms with Crippen LogP contribution in [0.5, 0.6) is 5.75 Å². The van der Waals surface area contributed by atoms with E-state index in [1.54, 1.807) is 13.0 Å². The molecular weight excluding hydrogens is 226 g/mol. The van der Waals surface area contributed by atoms with Crippen LogP contribution < -0.4 is 4.74 Å². The molecule has 90 valence electrons. The Kier molecular flexibility index (Phi) is 6.77. The first-order valence-electron chi connectivity index (χ1n) is 4.98. The van der Waals surface area contributed by atoms with Crippen LogP contribution in [0.4, 0.5) is 0 Å². The molecule has 0 atom stereocenters. The van der Waals surface area contributed by atoms with Crippen molar-refractivity contribution >= 4 is 18.2 Å². The van der Waals surface area contributed by atoms with Crippen molar-refractivity contribution in [2.24, 2.45) is 0 Å². The van der Waals surface area contributed by atoms with Crippen molar-refractivity contribution in [3.05, 3.63) is 29.8 Å². The van der Waals surface area contributed by atoms with E-state index in [1.165, 1.54) is 0 Å². The van der Waals surface area contributed by atoms with Gasteiger partial charge in [-0.05, 0) is 33.2 Å². The first-order valence-corrected chi connectivity index (χ1v) is 4.98. The Labute approximate surface area is 103 Å². The second-order valence-electron chi connectivity index (χ2n) is 3.70. The number of Topliss-reactive ketones (excluding diaryl/α,β-unsaturated/α-hetero) is 1. The van der Waals surface area contributed by atoms with Crippen LogP contribution in [0.1, 0.15) is 17.3 Å². The van der Waals surface area contributed by atoms with E-state index < -0.39 is 0 Å². The Morgan fingerprint density at radius 2 is 1.94 bits per heavy atom. The fourth-order valence-electron chi connectivity index (χ4n) is 1.22. The molecule has 0 amide bonds. The number of carbonyl (C=O) groups is 1. The molecule has 1 aromatic rings. The molecule has 0 spiro atoms. The number of likely N-dealkylation sites (N-methyl/N-ethyl adjacent to an activating group) is 1. The van der Waals surface area contributed by atoms with Crippen molar-refractivity contribution in [3.63, 3.8) is 0 Å². The zero-order chi connectivity index (χ0) is 11.3. The third-order valence-corrected chi connectivity index (χ3v) is 2.06. The van der Waals surface area contributed by atoms with Crippen LogP contribution in [-0.2, 0) is 0 Å². The normalized spacial score (nSPS) is 9.75. The fraction of sp³-hybridized carbons (Fsp3) is 0.417. The molecule has 0 fully saturated rings. The predicted octanol–water partition coefficient (Wildman–Crippen LogP) is 2.25. The standard InChI is InChI=1S/C12H17NO2.ClH/c1-10(14)11-6-4-5-7-12(11)15-9-8-13(2)3;/h4-7H,8-9H2,1-3H3;1H. The van der Waals surface area contributed by atoms with Crippen molar-refractivity contribution in [1.29, 1.82) is 0 Å². The summed E-state index contributed by atoms with van der Waals surface area (Å²) in [6.07, 6.45) is 0. The summed E-state index contributed by atoms with van der Waals surface area (Å²) in [6, 6.07) is 7.33. The van der Waals surface area contributed by atoms with Crippen molar-refractivity contribution < 1.29 is 9.53 Å². The van der Waals surface area contributed by atoms with Crippen LogP contribution in [0.15, 0.2) is 24.3 Å². The molecule has 0 aliphatic carbocycles. The molecule has 3 nitrogen and oxygen atoms in total. The number of nitrogens with zero attached hydrogens (tertiary/aromatic N) is 1. The number of benzene rings is 1. The number of para-hydroxylation sites is 1. The zero-order valence-corrected chi connectivity index (χ0v) is 10.7.